The van der Waals surface area contributed by atoms with Gasteiger partial charge in [0, 0.05) is 6.04 Å². The summed E-state index contributed by atoms with van der Waals surface area (Å²) >= 11 is 0. The zero-order chi connectivity index (χ0) is 14.1. The smallest absolute Gasteiger partial charge is 0.255 e. The van der Waals surface area contributed by atoms with Crippen LogP contribution in [0.5, 0.6) is 5.75 Å². The molecule has 1 fully saturated rings. The lowest BCUT2D eigenvalue weighted by atomic mass is 9.80. The highest BCUT2D eigenvalue weighted by Crippen LogP contribution is 2.30. The molecular weight excluding hydrogens is 250 g/mol. The van der Waals surface area contributed by atoms with Crippen LogP contribution in [0.15, 0.2) is 36.4 Å². The van der Waals surface area contributed by atoms with E-state index in [9.17, 15) is 9.90 Å². The van der Waals surface area contributed by atoms with E-state index in [0.29, 0.717) is 11.5 Å². The Morgan fingerprint density at radius 3 is 2.50 bits per heavy atom. The van der Waals surface area contributed by atoms with E-state index in [1.807, 2.05) is 31.2 Å². The summed E-state index contributed by atoms with van der Waals surface area (Å²) in [5.41, 5.74) is 0.356. The van der Waals surface area contributed by atoms with Crippen LogP contribution in [0.3, 0.4) is 0 Å². The van der Waals surface area contributed by atoms with Gasteiger partial charge in [-0.25, -0.2) is 0 Å². The molecule has 0 heterocycles. The summed E-state index contributed by atoms with van der Waals surface area (Å²) in [6.45, 7) is 2.04. The first kappa shape index (κ1) is 13.0. The number of hydrogen-bond acceptors (Lipinski definition) is 2. The molecule has 2 N–H and O–H groups in total. The average Bonchev–Trinajstić information content (AvgIpc) is 2.35. The molecule has 2 aromatic rings. The summed E-state index contributed by atoms with van der Waals surface area (Å²) in [6, 6.07) is 11.3. The van der Waals surface area contributed by atoms with Crippen molar-refractivity contribution in [1.29, 1.82) is 0 Å². The topological polar surface area (TPSA) is 49.3 Å². The highest BCUT2D eigenvalue weighted by Gasteiger charge is 2.25. The van der Waals surface area contributed by atoms with Gasteiger partial charge in [-0.1, -0.05) is 30.7 Å². The number of nitrogens with one attached hydrogen (secondary N) is 1. The Kier molecular flexibility index (Phi) is 3.35. The molecule has 0 saturated heterocycles. The number of rotatable bonds is 3. The van der Waals surface area contributed by atoms with Crippen LogP contribution >= 0.6 is 0 Å². The van der Waals surface area contributed by atoms with E-state index in [2.05, 4.69) is 5.32 Å². The maximum absolute atomic E-state index is 12.3. The first-order valence-electron chi connectivity index (χ1n) is 7.18. The third-order valence-electron chi connectivity index (χ3n) is 4.32. The molecule has 1 aliphatic carbocycles. The molecule has 0 aromatic heterocycles. The molecule has 20 heavy (non-hydrogen) atoms. The molecule has 1 amide bonds. The number of fused-ring (bicyclic) bond motifs is 1. The summed E-state index contributed by atoms with van der Waals surface area (Å²) in [7, 11) is 0. The van der Waals surface area contributed by atoms with E-state index in [1.165, 1.54) is 19.3 Å². The second-order valence-electron chi connectivity index (χ2n) is 5.67. The molecule has 1 aliphatic rings. The lowest BCUT2D eigenvalue weighted by Crippen LogP contribution is -2.40. The zero-order valence-corrected chi connectivity index (χ0v) is 11.6. The van der Waals surface area contributed by atoms with Gasteiger partial charge >= 0.3 is 0 Å². The van der Waals surface area contributed by atoms with Crippen LogP contribution in [0.25, 0.3) is 10.8 Å². The molecule has 1 atom stereocenters. The fourth-order valence-corrected chi connectivity index (χ4v) is 2.75. The Morgan fingerprint density at radius 1 is 1.25 bits per heavy atom. The zero-order valence-electron chi connectivity index (χ0n) is 11.6. The second kappa shape index (κ2) is 5.16. The van der Waals surface area contributed by atoms with Gasteiger partial charge in [0.1, 0.15) is 5.75 Å². The molecule has 0 bridgehead atoms. The Labute approximate surface area is 118 Å². The van der Waals surface area contributed by atoms with Gasteiger partial charge in [-0.15, -0.1) is 0 Å². The molecule has 0 radical (unpaired) electrons. The number of aromatic hydroxyl groups is 1. The largest absolute Gasteiger partial charge is 0.507 e. The minimum Gasteiger partial charge on any atom is -0.507 e. The van der Waals surface area contributed by atoms with Crippen molar-refractivity contribution >= 4 is 16.7 Å². The number of amides is 1. The van der Waals surface area contributed by atoms with E-state index in [4.69, 9.17) is 0 Å². The van der Waals surface area contributed by atoms with Gasteiger partial charge in [0.2, 0.25) is 0 Å². The van der Waals surface area contributed by atoms with Gasteiger partial charge in [-0.3, -0.25) is 4.79 Å². The Balaban J connectivity index is 1.84. The summed E-state index contributed by atoms with van der Waals surface area (Å²) < 4.78 is 0. The quantitative estimate of drug-likeness (QED) is 0.896. The van der Waals surface area contributed by atoms with Gasteiger partial charge in [0.25, 0.3) is 5.91 Å². The van der Waals surface area contributed by atoms with Crippen LogP contribution in [0.2, 0.25) is 0 Å². The molecule has 3 nitrogen and oxygen atoms in total. The first-order chi connectivity index (χ1) is 9.65. The van der Waals surface area contributed by atoms with Crippen LogP contribution in [-0.2, 0) is 0 Å². The highest BCUT2D eigenvalue weighted by molar-refractivity contribution is 6.01. The van der Waals surface area contributed by atoms with E-state index in [1.54, 1.807) is 12.1 Å². The Hall–Kier alpha value is -2.03. The maximum Gasteiger partial charge on any atom is 0.255 e. The minimum atomic E-state index is -0.187. The van der Waals surface area contributed by atoms with E-state index >= 15 is 0 Å². The fraction of sp³-hybridized carbons (Fsp3) is 0.353. The molecule has 1 saturated carbocycles. The van der Waals surface area contributed by atoms with Crippen LogP contribution in [-0.4, -0.2) is 17.1 Å². The van der Waals surface area contributed by atoms with Gasteiger partial charge in [-0.05, 0) is 48.6 Å². The second-order valence-corrected chi connectivity index (χ2v) is 5.67. The molecule has 3 heteroatoms. The van der Waals surface area contributed by atoms with Gasteiger partial charge in [0.05, 0.1) is 5.56 Å². The maximum atomic E-state index is 12.3. The van der Waals surface area contributed by atoms with Gasteiger partial charge in [-0.2, -0.15) is 0 Å². The van der Waals surface area contributed by atoms with Crippen LogP contribution < -0.4 is 5.32 Å². The van der Waals surface area contributed by atoms with Crippen molar-refractivity contribution in [2.75, 3.05) is 0 Å². The monoisotopic (exact) mass is 269 g/mol. The SMILES string of the molecule is CC(NC(=O)c1cc2ccccc2cc1O)C1CCC1. The highest BCUT2D eigenvalue weighted by atomic mass is 16.3. The Morgan fingerprint density at radius 2 is 1.90 bits per heavy atom. The van der Waals surface area contributed by atoms with Gasteiger partial charge in [0.15, 0.2) is 0 Å². The van der Waals surface area contributed by atoms with E-state index in [0.717, 1.165) is 10.8 Å². The van der Waals surface area contributed by atoms with Crippen molar-refractivity contribution in [3.63, 3.8) is 0 Å². The van der Waals surface area contributed by atoms with E-state index < -0.39 is 0 Å². The molecule has 1 unspecified atom stereocenters. The number of carbonyl (C=O) groups is 1. The van der Waals surface area contributed by atoms with Crippen molar-refractivity contribution in [3.8, 4) is 5.75 Å². The van der Waals surface area contributed by atoms with Crippen LogP contribution in [0.4, 0.5) is 0 Å². The summed E-state index contributed by atoms with van der Waals surface area (Å²) in [6.07, 6.45) is 3.63. The van der Waals surface area contributed by atoms with Crippen LogP contribution in [0.1, 0.15) is 36.5 Å². The fourth-order valence-electron chi connectivity index (χ4n) is 2.75. The van der Waals surface area contributed by atoms with Crippen molar-refractivity contribution in [1.82, 2.24) is 5.32 Å². The van der Waals surface area contributed by atoms with Crippen molar-refractivity contribution in [3.05, 3.63) is 42.0 Å². The molecular formula is C17H19NO2. The molecule has 104 valence electrons. The molecule has 3 rings (SSSR count). The van der Waals surface area contributed by atoms with Crippen molar-refractivity contribution in [2.24, 2.45) is 5.92 Å². The predicted molar refractivity (Wildman–Crippen MR) is 79.9 cm³/mol. The lowest BCUT2D eigenvalue weighted by molar-refractivity contribution is 0.0907. The Bertz CT molecular complexity index is 646. The number of carbonyl (C=O) groups excluding carboxylic acids is 1. The van der Waals surface area contributed by atoms with Crippen molar-refractivity contribution < 1.29 is 9.90 Å². The van der Waals surface area contributed by atoms with Gasteiger partial charge < -0.3 is 10.4 Å². The third-order valence-corrected chi connectivity index (χ3v) is 4.32. The number of phenolic OH excluding ortho intramolecular Hbond substituents is 1. The average molecular weight is 269 g/mol. The van der Waals surface area contributed by atoms with Crippen LogP contribution in [0, 0.1) is 5.92 Å². The summed E-state index contributed by atoms with van der Waals surface area (Å²) in [4.78, 5) is 12.3. The number of phenols is 1. The minimum absolute atomic E-state index is 0.0435. The first-order valence-corrected chi connectivity index (χ1v) is 7.18. The van der Waals surface area contributed by atoms with E-state index in [-0.39, 0.29) is 17.7 Å². The number of benzene rings is 2. The van der Waals surface area contributed by atoms with Crippen molar-refractivity contribution in [2.45, 2.75) is 32.2 Å². The summed E-state index contributed by atoms with van der Waals surface area (Å²) in [5.74, 6) is 0.441. The third kappa shape index (κ3) is 2.36. The standard InChI is InChI=1S/C17H19NO2/c1-11(12-7-4-8-12)18-17(20)15-9-13-5-2-3-6-14(13)10-16(15)19/h2-3,5-6,9-12,19H,4,7-8H2,1H3,(H,18,20). The normalized spacial score (nSPS) is 16.6. The predicted octanol–water partition coefficient (Wildman–Crippen LogP) is 3.46. The summed E-state index contributed by atoms with van der Waals surface area (Å²) in [5, 5.41) is 14.9. The molecule has 2 aromatic carbocycles. The lowest BCUT2D eigenvalue weighted by Gasteiger charge is -2.31. The number of hydrogen-bond donors (Lipinski definition) is 2. The molecule has 0 aliphatic heterocycles. The molecule has 0 spiro atoms.